The molecule has 0 radical (unpaired) electrons. The molecule has 0 aliphatic carbocycles. The minimum Gasteiger partial charge on any atom is -0.255 e. The molecule has 0 fully saturated rings. The third-order valence-corrected chi connectivity index (χ3v) is 2.90. The van der Waals surface area contributed by atoms with Crippen molar-refractivity contribution < 1.29 is 4.39 Å². The maximum absolute atomic E-state index is 9.50. The molecule has 0 unspecified atom stereocenters. The SMILES string of the molecule is CC(C)c1ccc(Cc2ccccc2)cc1.CF. The molecule has 0 aromatic heterocycles. The first kappa shape index (κ1) is 14.4. The van der Waals surface area contributed by atoms with Crippen molar-refractivity contribution in [3.8, 4) is 0 Å². The van der Waals surface area contributed by atoms with E-state index in [1.807, 2.05) is 0 Å². The lowest BCUT2D eigenvalue weighted by Crippen LogP contribution is -1.90. The second-order valence-electron chi connectivity index (χ2n) is 4.56. The zero-order valence-electron chi connectivity index (χ0n) is 11.4. The average Bonchev–Trinajstić information content (AvgIpc) is 2.43. The highest BCUT2D eigenvalue weighted by molar-refractivity contribution is 5.29. The summed E-state index contributed by atoms with van der Waals surface area (Å²) in [6.07, 6.45) is 1.03. The fourth-order valence-electron chi connectivity index (χ4n) is 1.85. The summed E-state index contributed by atoms with van der Waals surface area (Å²) < 4.78 is 9.50. The Morgan fingerprint density at radius 3 is 1.78 bits per heavy atom. The maximum atomic E-state index is 9.50. The van der Waals surface area contributed by atoms with E-state index in [2.05, 4.69) is 68.4 Å². The van der Waals surface area contributed by atoms with Gasteiger partial charge >= 0.3 is 0 Å². The van der Waals surface area contributed by atoms with Crippen LogP contribution in [0, 0.1) is 0 Å². The Labute approximate surface area is 109 Å². The summed E-state index contributed by atoms with van der Waals surface area (Å²) in [7, 11) is 0.500. The normalized spacial score (nSPS) is 9.83. The monoisotopic (exact) mass is 244 g/mol. The Balaban J connectivity index is 0.000000771. The molecule has 0 heterocycles. The van der Waals surface area contributed by atoms with Crippen molar-refractivity contribution in [2.45, 2.75) is 26.2 Å². The molecule has 0 bridgehead atoms. The van der Waals surface area contributed by atoms with Crippen LogP contribution in [0.25, 0.3) is 0 Å². The smallest absolute Gasteiger partial charge is 0.0785 e. The second-order valence-corrected chi connectivity index (χ2v) is 4.56. The highest BCUT2D eigenvalue weighted by atomic mass is 19.1. The van der Waals surface area contributed by atoms with Crippen LogP contribution in [0.2, 0.25) is 0 Å². The molecule has 0 atom stereocenters. The number of alkyl halides is 1. The number of rotatable bonds is 3. The molecule has 0 aliphatic rings. The predicted molar refractivity (Wildman–Crippen MR) is 76.8 cm³/mol. The Hall–Kier alpha value is -1.63. The topological polar surface area (TPSA) is 0 Å². The molecule has 2 aromatic rings. The van der Waals surface area contributed by atoms with Crippen LogP contribution in [-0.2, 0) is 6.42 Å². The molecular weight excluding hydrogens is 223 g/mol. The van der Waals surface area contributed by atoms with Crippen molar-refractivity contribution in [3.05, 3.63) is 71.3 Å². The number of benzene rings is 2. The lowest BCUT2D eigenvalue weighted by atomic mass is 9.99. The lowest BCUT2D eigenvalue weighted by molar-refractivity contribution is 0.636. The lowest BCUT2D eigenvalue weighted by Gasteiger charge is -2.07. The van der Waals surface area contributed by atoms with Gasteiger partial charge in [-0.05, 0) is 29.0 Å². The fourth-order valence-corrected chi connectivity index (χ4v) is 1.85. The first-order chi connectivity index (χ1) is 8.75. The van der Waals surface area contributed by atoms with E-state index in [0.717, 1.165) is 6.42 Å². The Morgan fingerprint density at radius 2 is 1.28 bits per heavy atom. The van der Waals surface area contributed by atoms with Gasteiger partial charge in [0.15, 0.2) is 0 Å². The van der Waals surface area contributed by atoms with Gasteiger partial charge in [-0.2, -0.15) is 0 Å². The minimum absolute atomic E-state index is 0.500. The molecule has 96 valence electrons. The summed E-state index contributed by atoms with van der Waals surface area (Å²) in [5, 5.41) is 0. The van der Waals surface area contributed by atoms with Gasteiger partial charge in [0.1, 0.15) is 0 Å². The van der Waals surface area contributed by atoms with Crippen molar-refractivity contribution >= 4 is 0 Å². The Kier molecular flexibility index (Phi) is 6.13. The molecule has 0 nitrogen and oxygen atoms in total. The van der Waals surface area contributed by atoms with E-state index in [9.17, 15) is 4.39 Å². The van der Waals surface area contributed by atoms with Crippen LogP contribution < -0.4 is 0 Å². The van der Waals surface area contributed by atoms with Crippen molar-refractivity contribution in [2.75, 3.05) is 7.18 Å². The summed E-state index contributed by atoms with van der Waals surface area (Å²) in [5.74, 6) is 0.616. The summed E-state index contributed by atoms with van der Waals surface area (Å²) in [4.78, 5) is 0. The number of hydrogen-bond donors (Lipinski definition) is 0. The highest BCUT2D eigenvalue weighted by Crippen LogP contribution is 2.16. The van der Waals surface area contributed by atoms with E-state index < -0.39 is 0 Å². The molecule has 0 aliphatic heterocycles. The molecule has 0 saturated carbocycles. The van der Waals surface area contributed by atoms with Gasteiger partial charge in [-0.25, -0.2) is 0 Å². The Morgan fingerprint density at radius 1 is 0.778 bits per heavy atom. The zero-order chi connectivity index (χ0) is 13.4. The fraction of sp³-hybridized carbons (Fsp3) is 0.294. The minimum atomic E-state index is 0.500. The van der Waals surface area contributed by atoms with Gasteiger partial charge in [0.05, 0.1) is 7.18 Å². The van der Waals surface area contributed by atoms with Gasteiger partial charge in [-0.15, -0.1) is 0 Å². The average molecular weight is 244 g/mol. The van der Waals surface area contributed by atoms with Crippen LogP contribution >= 0.6 is 0 Å². The number of hydrogen-bond acceptors (Lipinski definition) is 0. The molecule has 0 spiro atoms. The van der Waals surface area contributed by atoms with Crippen LogP contribution in [0.3, 0.4) is 0 Å². The molecule has 2 aromatic carbocycles. The van der Waals surface area contributed by atoms with Gasteiger partial charge in [0.2, 0.25) is 0 Å². The highest BCUT2D eigenvalue weighted by Gasteiger charge is 1.99. The van der Waals surface area contributed by atoms with Crippen molar-refractivity contribution in [2.24, 2.45) is 0 Å². The molecule has 2 rings (SSSR count). The summed E-state index contributed by atoms with van der Waals surface area (Å²) >= 11 is 0. The molecule has 1 heteroatoms. The van der Waals surface area contributed by atoms with E-state index in [1.165, 1.54) is 16.7 Å². The largest absolute Gasteiger partial charge is 0.255 e. The molecule has 0 amide bonds. The van der Waals surface area contributed by atoms with E-state index >= 15 is 0 Å². The summed E-state index contributed by atoms with van der Waals surface area (Å²) in [6.45, 7) is 4.46. The van der Waals surface area contributed by atoms with E-state index in [-0.39, 0.29) is 0 Å². The first-order valence-electron chi connectivity index (χ1n) is 6.26. The third-order valence-electron chi connectivity index (χ3n) is 2.90. The van der Waals surface area contributed by atoms with E-state index in [0.29, 0.717) is 13.1 Å². The van der Waals surface area contributed by atoms with Crippen molar-refractivity contribution in [3.63, 3.8) is 0 Å². The van der Waals surface area contributed by atoms with Gasteiger partial charge in [0.25, 0.3) is 0 Å². The van der Waals surface area contributed by atoms with Crippen LogP contribution in [0.1, 0.15) is 36.5 Å². The van der Waals surface area contributed by atoms with Gasteiger partial charge in [-0.3, -0.25) is 4.39 Å². The van der Waals surface area contributed by atoms with Crippen LogP contribution in [0.5, 0.6) is 0 Å². The first-order valence-corrected chi connectivity index (χ1v) is 6.26. The maximum Gasteiger partial charge on any atom is 0.0785 e. The second kappa shape index (κ2) is 7.65. The molecule has 0 N–H and O–H groups in total. The standard InChI is InChI=1S/C16H18.CH3F/c1-13(2)16-10-8-15(9-11-16)12-14-6-4-3-5-7-14;1-2/h3-11,13H,12H2,1-2H3;1H3. The Bertz CT molecular complexity index is 429. The van der Waals surface area contributed by atoms with Gasteiger partial charge < -0.3 is 0 Å². The summed E-state index contributed by atoms with van der Waals surface area (Å²) in [5.41, 5.74) is 4.17. The molecule has 18 heavy (non-hydrogen) atoms. The van der Waals surface area contributed by atoms with Crippen LogP contribution in [0.15, 0.2) is 54.6 Å². The van der Waals surface area contributed by atoms with Gasteiger partial charge in [-0.1, -0.05) is 68.4 Å². The summed E-state index contributed by atoms with van der Waals surface area (Å²) in [6, 6.07) is 19.6. The van der Waals surface area contributed by atoms with E-state index in [1.54, 1.807) is 0 Å². The molecule has 0 saturated heterocycles. The van der Waals surface area contributed by atoms with E-state index in [4.69, 9.17) is 0 Å². The van der Waals surface area contributed by atoms with Crippen LogP contribution in [0.4, 0.5) is 4.39 Å². The van der Waals surface area contributed by atoms with Crippen molar-refractivity contribution in [1.82, 2.24) is 0 Å². The van der Waals surface area contributed by atoms with Crippen LogP contribution in [-0.4, -0.2) is 7.18 Å². The quantitative estimate of drug-likeness (QED) is 0.713. The van der Waals surface area contributed by atoms with Gasteiger partial charge in [0, 0.05) is 0 Å². The molecular formula is C17H21F. The zero-order valence-corrected chi connectivity index (χ0v) is 11.4. The third kappa shape index (κ3) is 4.33. The predicted octanol–water partition coefficient (Wildman–Crippen LogP) is 4.99. The number of halogens is 1. The van der Waals surface area contributed by atoms with Crippen molar-refractivity contribution in [1.29, 1.82) is 0 Å².